The van der Waals surface area contributed by atoms with Crippen LogP contribution in [0.3, 0.4) is 0 Å². The maximum Gasteiger partial charge on any atom is 0.181 e. The molecule has 4 rings (SSSR count). The van der Waals surface area contributed by atoms with Crippen LogP contribution in [0.5, 0.6) is 0 Å². The van der Waals surface area contributed by atoms with Crippen molar-refractivity contribution < 1.29 is 0 Å². The topological polar surface area (TPSA) is 43.6 Å². The molecule has 0 saturated carbocycles. The molecule has 0 aliphatic heterocycles. The largest absolute Gasteiger partial charge is 0.240 e. The van der Waals surface area contributed by atoms with E-state index in [4.69, 9.17) is 33.2 Å². The van der Waals surface area contributed by atoms with Crippen LogP contribution in [0.1, 0.15) is 0 Å². The minimum absolute atomic E-state index is 0.651. The highest BCUT2D eigenvalue weighted by Gasteiger charge is 2.15. The summed E-state index contributed by atoms with van der Waals surface area (Å²) in [6.07, 6.45) is 3.28. The van der Waals surface area contributed by atoms with Gasteiger partial charge in [-0.25, -0.2) is 14.6 Å². The first kappa shape index (κ1) is 15.8. The maximum atomic E-state index is 6.02. The minimum Gasteiger partial charge on any atom is -0.240 e. The Morgan fingerprint density at radius 1 is 0.800 bits per heavy atom. The van der Waals surface area contributed by atoms with Crippen LogP contribution >= 0.6 is 23.2 Å². The zero-order valence-corrected chi connectivity index (χ0v) is 14.5. The molecule has 4 nitrogen and oxygen atoms in total. The molecular weight excluding hydrogens is 355 g/mol. The van der Waals surface area contributed by atoms with Crippen molar-refractivity contribution in [2.45, 2.75) is 0 Å². The van der Waals surface area contributed by atoms with E-state index in [0.717, 1.165) is 22.5 Å². The molecule has 6 heteroatoms. The van der Waals surface area contributed by atoms with E-state index in [-0.39, 0.29) is 0 Å². The Morgan fingerprint density at radius 2 is 1.32 bits per heavy atom. The number of benzene rings is 2. The van der Waals surface area contributed by atoms with Gasteiger partial charge >= 0.3 is 0 Å². The Hall–Kier alpha value is -2.69. The second-order valence-corrected chi connectivity index (χ2v) is 6.29. The zero-order chi connectivity index (χ0) is 17.4. The second kappa shape index (κ2) is 6.31. The molecule has 2 aromatic heterocycles. The predicted molar refractivity (Wildman–Crippen MR) is 103 cm³/mol. The van der Waals surface area contributed by atoms with E-state index in [0.29, 0.717) is 21.2 Å². The lowest BCUT2D eigenvalue weighted by Gasteiger charge is -2.09. The summed E-state index contributed by atoms with van der Waals surface area (Å²) in [6, 6.07) is 15.0. The van der Waals surface area contributed by atoms with Gasteiger partial charge in [-0.2, -0.15) is 5.10 Å². The van der Waals surface area contributed by atoms with Gasteiger partial charge in [0, 0.05) is 27.4 Å². The van der Waals surface area contributed by atoms with E-state index in [1.54, 1.807) is 17.1 Å². The van der Waals surface area contributed by atoms with Crippen LogP contribution in [0.2, 0.25) is 10.0 Å². The maximum absolute atomic E-state index is 6.02. The lowest BCUT2D eigenvalue weighted by molar-refractivity contribution is 0.952. The molecule has 0 radical (unpaired) electrons. The highest BCUT2D eigenvalue weighted by Crippen LogP contribution is 2.32. The van der Waals surface area contributed by atoms with Gasteiger partial charge in [0.2, 0.25) is 0 Å². The fourth-order valence-electron chi connectivity index (χ4n) is 2.62. The average molecular weight is 367 g/mol. The molecule has 4 aromatic rings. The quantitative estimate of drug-likeness (QED) is 0.476. The standard InChI is InChI=1S/C19H12Cl2N4/c1-2-25-19-16(11-22-25)23-17(12-3-7-14(20)8-4-12)18(24-19)13-5-9-15(21)10-6-13/h2-11H,1H2. The highest BCUT2D eigenvalue weighted by atomic mass is 35.5. The molecule has 2 aromatic carbocycles. The molecule has 0 fully saturated rings. The summed E-state index contributed by atoms with van der Waals surface area (Å²) >= 11 is 12.0. The Balaban J connectivity index is 2.01. The molecule has 0 aliphatic carbocycles. The number of aromatic nitrogens is 4. The molecule has 122 valence electrons. The summed E-state index contributed by atoms with van der Waals surface area (Å²) in [5.74, 6) is 0. The Bertz CT molecular complexity index is 1070. The third-order valence-electron chi connectivity index (χ3n) is 3.83. The fourth-order valence-corrected chi connectivity index (χ4v) is 2.87. The molecule has 2 heterocycles. The molecular formula is C19H12Cl2N4. The summed E-state index contributed by atoms with van der Waals surface area (Å²) in [5, 5.41) is 5.58. The van der Waals surface area contributed by atoms with Crippen molar-refractivity contribution in [3.05, 3.63) is 71.4 Å². The summed E-state index contributed by atoms with van der Waals surface area (Å²) < 4.78 is 1.60. The molecule has 0 aliphatic rings. The summed E-state index contributed by atoms with van der Waals surface area (Å²) in [7, 11) is 0. The van der Waals surface area contributed by atoms with Crippen molar-refractivity contribution in [2.75, 3.05) is 0 Å². The molecule has 0 saturated heterocycles. The van der Waals surface area contributed by atoms with Crippen LogP contribution < -0.4 is 0 Å². The van der Waals surface area contributed by atoms with E-state index in [1.807, 2.05) is 48.5 Å². The second-order valence-electron chi connectivity index (χ2n) is 5.42. The molecule has 0 amide bonds. The summed E-state index contributed by atoms with van der Waals surface area (Å²) in [5.41, 5.74) is 4.70. The van der Waals surface area contributed by atoms with Crippen molar-refractivity contribution in [3.8, 4) is 22.5 Å². The molecule has 0 N–H and O–H groups in total. The fraction of sp³-hybridized carbons (Fsp3) is 0. The summed E-state index contributed by atoms with van der Waals surface area (Å²) in [6.45, 7) is 3.76. The number of fused-ring (bicyclic) bond motifs is 1. The van der Waals surface area contributed by atoms with Crippen LogP contribution in [0, 0.1) is 0 Å². The van der Waals surface area contributed by atoms with Gasteiger partial charge in [-0.3, -0.25) is 0 Å². The first-order valence-corrected chi connectivity index (χ1v) is 8.31. The first-order valence-electron chi connectivity index (χ1n) is 7.55. The van der Waals surface area contributed by atoms with E-state index in [9.17, 15) is 0 Å². The van der Waals surface area contributed by atoms with Crippen molar-refractivity contribution in [2.24, 2.45) is 0 Å². The Labute approximate surface area is 154 Å². The Kier molecular flexibility index (Phi) is 3.99. The van der Waals surface area contributed by atoms with Crippen molar-refractivity contribution in [1.82, 2.24) is 19.7 Å². The molecule has 0 unspecified atom stereocenters. The van der Waals surface area contributed by atoms with Crippen molar-refractivity contribution in [1.29, 1.82) is 0 Å². The molecule has 0 atom stereocenters. The van der Waals surface area contributed by atoms with Gasteiger partial charge in [0.25, 0.3) is 0 Å². The molecule has 25 heavy (non-hydrogen) atoms. The zero-order valence-electron chi connectivity index (χ0n) is 13.0. The van der Waals surface area contributed by atoms with Gasteiger partial charge in [0.05, 0.1) is 17.6 Å². The predicted octanol–water partition coefficient (Wildman–Crippen LogP) is 5.57. The SMILES string of the molecule is C=Cn1ncc2nc(-c3ccc(Cl)cc3)c(-c3ccc(Cl)cc3)nc21. The van der Waals surface area contributed by atoms with Crippen LogP contribution in [-0.2, 0) is 0 Å². The van der Waals surface area contributed by atoms with E-state index >= 15 is 0 Å². The van der Waals surface area contributed by atoms with Gasteiger partial charge < -0.3 is 0 Å². The lowest BCUT2D eigenvalue weighted by Crippen LogP contribution is -1.97. The Morgan fingerprint density at radius 3 is 1.84 bits per heavy atom. The van der Waals surface area contributed by atoms with E-state index < -0.39 is 0 Å². The third-order valence-corrected chi connectivity index (χ3v) is 4.34. The van der Waals surface area contributed by atoms with Crippen LogP contribution in [0.25, 0.3) is 39.9 Å². The number of hydrogen-bond donors (Lipinski definition) is 0. The van der Waals surface area contributed by atoms with Gasteiger partial charge in [-0.15, -0.1) is 0 Å². The van der Waals surface area contributed by atoms with Crippen LogP contribution in [0.4, 0.5) is 0 Å². The lowest BCUT2D eigenvalue weighted by atomic mass is 10.0. The van der Waals surface area contributed by atoms with E-state index in [2.05, 4.69) is 11.7 Å². The smallest absolute Gasteiger partial charge is 0.181 e. The van der Waals surface area contributed by atoms with Gasteiger partial charge in [-0.1, -0.05) is 54.0 Å². The first-order chi connectivity index (χ1) is 12.2. The van der Waals surface area contributed by atoms with Crippen molar-refractivity contribution >= 4 is 40.6 Å². The number of nitrogens with zero attached hydrogens (tertiary/aromatic N) is 4. The number of rotatable bonds is 3. The number of hydrogen-bond acceptors (Lipinski definition) is 3. The van der Waals surface area contributed by atoms with Gasteiger partial charge in [-0.05, 0) is 24.3 Å². The van der Waals surface area contributed by atoms with Crippen molar-refractivity contribution in [3.63, 3.8) is 0 Å². The average Bonchev–Trinajstić information content (AvgIpc) is 3.04. The molecule has 0 spiro atoms. The van der Waals surface area contributed by atoms with E-state index in [1.165, 1.54) is 0 Å². The normalized spacial score (nSPS) is 11.0. The van der Waals surface area contributed by atoms with Gasteiger partial charge in [0.1, 0.15) is 5.52 Å². The summed E-state index contributed by atoms with van der Waals surface area (Å²) in [4.78, 5) is 9.57. The third kappa shape index (κ3) is 2.90. The molecule has 0 bridgehead atoms. The highest BCUT2D eigenvalue weighted by molar-refractivity contribution is 6.31. The van der Waals surface area contributed by atoms with Gasteiger partial charge in [0.15, 0.2) is 5.65 Å². The van der Waals surface area contributed by atoms with Crippen LogP contribution in [-0.4, -0.2) is 19.7 Å². The minimum atomic E-state index is 0.651. The monoisotopic (exact) mass is 366 g/mol. The number of halogens is 2. The van der Waals surface area contributed by atoms with Crippen LogP contribution in [0.15, 0.2) is 61.3 Å².